The van der Waals surface area contributed by atoms with Gasteiger partial charge in [0.1, 0.15) is 0 Å². The van der Waals surface area contributed by atoms with Crippen LogP contribution < -0.4 is 5.32 Å². The Hall–Kier alpha value is -0.570. The molecule has 0 radical (unpaired) electrons. The van der Waals surface area contributed by atoms with E-state index in [9.17, 15) is 4.79 Å². The Labute approximate surface area is 78.5 Å². The molecule has 3 nitrogen and oxygen atoms in total. The minimum absolute atomic E-state index is 0.0920. The Morgan fingerprint density at radius 1 is 1.38 bits per heavy atom. The lowest BCUT2D eigenvalue weighted by molar-refractivity contribution is -0.130. The van der Waals surface area contributed by atoms with Gasteiger partial charge in [0.15, 0.2) is 0 Å². The number of nitrogens with zero attached hydrogens (tertiary/aromatic N) is 1. The lowest BCUT2D eigenvalue weighted by Crippen LogP contribution is -2.34. The molecule has 0 bridgehead atoms. The normalized spacial score (nSPS) is 32.7. The van der Waals surface area contributed by atoms with Gasteiger partial charge in [-0.15, -0.1) is 0 Å². The summed E-state index contributed by atoms with van der Waals surface area (Å²) in [5.41, 5.74) is 0.364. The van der Waals surface area contributed by atoms with Crippen molar-refractivity contribution in [2.45, 2.75) is 38.1 Å². The van der Waals surface area contributed by atoms with E-state index in [-0.39, 0.29) is 5.54 Å². The van der Waals surface area contributed by atoms with Gasteiger partial charge in [0.05, 0.1) is 12.2 Å². The monoisotopic (exact) mass is 180 g/mol. The van der Waals surface area contributed by atoms with Crippen LogP contribution in [0, 0.1) is 5.41 Å². The van der Waals surface area contributed by atoms with Gasteiger partial charge in [0.2, 0.25) is 5.91 Å². The first-order valence-electron chi connectivity index (χ1n) is 5.18. The molecular weight excluding hydrogens is 164 g/mol. The molecule has 1 amide bonds. The standard InChI is InChI=1S/C10H16N2O/c1-9(2-3-9)6-12-7-11-10(4-5-10)8(12)13/h11H,2-7H2,1H3. The van der Waals surface area contributed by atoms with Gasteiger partial charge in [-0.05, 0) is 31.1 Å². The number of carbonyl (C=O) groups excluding carboxylic acids is 1. The molecule has 1 heterocycles. The largest absolute Gasteiger partial charge is 0.328 e. The van der Waals surface area contributed by atoms with Gasteiger partial charge in [0, 0.05) is 6.54 Å². The molecule has 3 rings (SSSR count). The predicted molar refractivity (Wildman–Crippen MR) is 49.0 cm³/mol. The minimum Gasteiger partial charge on any atom is -0.328 e. The van der Waals surface area contributed by atoms with Crippen LogP contribution in [-0.2, 0) is 4.79 Å². The van der Waals surface area contributed by atoms with E-state index < -0.39 is 0 Å². The van der Waals surface area contributed by atoms with Crippen molar-refractivity contribution < 1.29 is 4.79 Å². The smallest absolute Gasteiger partial charge is 0.243 e. The summed E-state index contributed by atoms with van der Waals surface area (Å²) in [5, 5.41) is 3.33. The molecule has 1 saturated heterocycles. The van der Waals surface area contributed by atoms with E-state index in [0.717, 1.165) is 26.1 Å². The van der Waals surface area contributed by atoms with Gasteiger partial charge in [-0.1, -0.05) is 6.92 Å². The lowest BCUT2D eigenvalue weighted by Gasteiger charge is -2.19. The fraction of sp³-hybridized carbons (Fsp3) is 0.900. The molecule has 1 aliphatic heterocycles. The van der Waals surface area contributed by atoms with Gasteiger partial charge in [-0.25, -0.2) is 0 Å². The summed E-state index contributed by atoms with van der Waals surface area (Å²) in [6.07, 6.45) is 4.70. The van der Waals surface area contributed by atoms with Crippen molar-refractivity contribution in [1.29, 1.82) is 0 Å². The van der Waals surface area contributed by atoms with Crippen molar-refractivity contribution in [1.82, 2.24) is 10.2 Å². The molecule has 3 heteroatoms. The molecule has 72 valence electrons. The van der Waals surface area contributed by atoms with E-state index in [1.807, 2.05) is 4.90 Å². The third-order valence-corrected chi connectivity index (χ3v) is 3.73. The summed E-state index contributed by atoms with van der Waals surface area (Å²) in [5.74, 6) is 0.362. The summed E-state index contributed by atoms with van der Waals surface area (Å²) < 4.78 is 0. The Bertz CT molecular complexity index is 266. The summed E-state index contributed by atoms with van der Waals surface area (Å²) in [7, 11) is 0. The molecular formula is C10H16N2O. The number of hydrogen-bond acceptors (Lipinski definition) is 2. The number of carbonyl (C=O) groups is 1. The first-order valence-corrected chi connectivity index (χ1v) is 5.18. The first-order chi connectivity index (χ1) is 6.14. The maximum Gasteiger partial charge on any atom is 0.243 e. The molecule has 3 fully saturated rings. The molecule has 13 heavy (non-hydrogen) atoms. The Kier molecular flexibility index (Phi) is 1.25. The molecule has 0 aromatic carbocycles. The maximum atomic E-state index is 11.9. The number of nitrogens with one attached hydrogen (secondary N) is 1. The zero-order valence-electron chi connectivity index (χ0n) is 8.10. The third kappa shape index (κ3) is 1.10. The summed E-state index contributed by atoms with van der Waals surface area (Å²) in [6.45, 7) is 4.03. The lowest BCUT2D eigenvalue weighted by atomic mass is 10.1. The van der Waals surface area contributed by atoms with Crippen LogP contribution in [0.5, 0.6) is 0 Å². The fourth-order valence-electron chi connectivity index (χ4n) is 2.17. The van der Waals surface area contributed by atoms with Crippen molar-refractivity contribution in [3.8, 4) is 0 Å². The molecule has 0 atom stereocenters. The van der Waals surface area contributed by atoms with Gasteiger partial charge < -0.3 is 4.90 Å². The van der Waals surface area contributed by atoms with Crippen LogP contribution in [0.1, 0.15) is 32.6 Å². The molecule has 3 aliphatic rings. The van der Waals surface area contributed by atoms with Gasteiger partial charge in [0.25, 0.3) is 0 Å². The van der Waals surface area contributed by atoms with Crippen LogP contribution in [0.2, 0.25) is 0 Å². The quantitative estimate of drug-likeness (QED) is 0.678. The van der Waals surface area contributed by atoms with Crippen LogP contribution >= 0.6 is 0 Å². The van der Waals surface area contributed by atoms with Crippen LogP contribution in [0.4, 0.5) is 0 Å². The number of amides is 1. The molecule has 1 spiro atoms. The molecule has 0 aromatic rings. The second-order valence-electron chi connectivity index (χ2n) is 5.23. The van der Waals surface area contributed by atoms with Crippen molar-refractivity contribution in [2.24, 2.45) is 5.41 Å². The van der Waals surface area contributed by atoms with Gasteiger partial charge in [-0.3, -0.25) is 10.1 Å². The Morgan fingerprint density at radius 2 is 2.08 bits per heavy atom. The molecule has 2 saturated carbocycles. The first kappa shape index (κ1) is 7.80. The van der Waals surface area contributed by atoms with E-state index in [1.54, 1.807) is 0 Å². The molecule has 0 aromatic heterocycles. The highest BCUT2D eigenvalue weighted by Crippen LogP contribution is 2.47. The van der Waals surface area contributed by atoms with Crippen molar-refractivity contribution in [3.63, 3.8) is 0 Å². The summed E-state index contributed by atoms with van der Waals surface area (Å²) in [6, 6.07) is 0. The number of hydrogen-bond donors (Lipinski definition) is 1. The van der Waals surface area contributed by atoms with Crippen LogP contribution in [0.15, 0.2) is 0 Å². The average Bonchev–Trinajstić information content (AvgIpc) is 2.95. The zero-order chi connectivity index (χ0) is 9.10. The second-order valence-corrected chi connectivity index (χ2v) is 5.23. The van der Waals surface area contributed by atoms with Crippen molar-refractivity contribution in [3.05, 3.63) is 0 Å². The SMILES string of the molecule is CC1(CN2CNC3(CC3)C2=O)CC1. The zero-order valence-corrected chi connectivity index (χ0v) is 8.10. The van der Waals surface area contributed by atoms with Crippen LogP contribution in [-0.4, -0.2) is 29.6 Å². The Morgan fingerprint density at radius 3 is 2.54 bits per heavy atom. The predicted octanol–water partition coefficient (Wildman–Crippen LogP) is 0.708. The van der Waals surface area contributed by atoms with Gasteiger partial charge in [-0.2, -0.15) is 0 Å². The highest BCUT2D eigenvalue weighted by Gasteiger charge is 2.56. The molecule has 0 unspecified atom stereocenters. The van der Waals surface area contributed by atoms with Gasteiger partial charge >= 0.3 is 0 Å². The van der Waals surface area contributed by atoms with Crippen LogP contribution in [0.3, 0.4) is 0 Å². The van der Waals surface area contributed by atoms with Crippen molar-refractivity contribution in [2.75, 3.05) is 13.2 Å². The van der Waals surface area contributed by atoms with E-state index in [2.05, 4.69) is 12.2 Å². The fourth-order valence-corrected chi connectivity index (χ4v) is 2.17. The van der Waals surface area contributed by atoms with E-state index in [4.69, 9.17) is 0 Å². The maximum absolute atomic E-state index is 11.9. The van der Waals surface area contributed by atoms with Crippen molar-refractivity contribution >= 4 is 5.91 Å². The second kappa shape index (κ2) is 2.08. The van der Waals surface area contributed by atoms with E-state index in [1.165, 1.54) is 12.8 Å². The van der Waals surface area contributed by atoms with E-state index >= 15 is 0 Å². The van der Waals surface area contributed by atoms with E-state index in [0.29, 0.717) is 11.3 Å². The Balaban J connectivity index is 1.69. The third-order valence-electron chi connectivity index (χ3n) is 3.73. The summed E-state index contributed by atoms with van der Waals surface area (Å²) >= 11 is 0. The average molecular weight is 180 g/mol. The highest BCUT2D eigenvalue weighted by molar-refractivity contribution is 5.91. The topological polar surface area (TPSA) is 32.3 Å². The molecule has 1 N–H and O–H groups in total. The minimum atomic E-state index is -0.0920. The number of rotatable bonds is 2. The van der Waals surface area contributed by atoms with Crippen LogP contribution in [0.25, 0.3) is 0 Å². The summed E-state index contributed by atoms with van der Waals surface area (Å²) in [4.78, 5) is 13.9. The highest BCUT2D eigenvalue weighted by atomic mass is 16.2. The molecule has 2 aliphatic carbocycles.